The van der Waals surface area contributed by atoms with Gasteiger partial charge in [0.2, 0.25) is 0 Å². The van der Waals surface area contributed by atoms with Crippen LogP contribution in [0.5, 0.6) is 0 Å². The van der Waals surface area contributed by atoms with Crippen molar-refractivity contribution >= 4 is 7.82 Å². The normalized spacial score (nSPS) is 13.4. The second-order valence-electron chi connectivity index (χ2n) is 11.4. The average Bonchev–Trinajstić information content (AvgIpc) is 2.90. The lowest BCUT2D eigenvalue weighted by Gasteiger charge is -2.22. The van der Waals surface area contributed by atoms with Crippen LogP contribution in [0.2, 0.25) is 0 Å². The fourth-order valence-corrected chi connectivity index (χ4v) is 5.79. The molecular weight excluding hydrogens is 493 g/mol. The second kappa shape index (κ2) is 30.0. The summed E-state index contributed by atoms with van der Waals surface area (Å²) in [6.07, 6.45) is 30.2. The zero-order valence-electron chi connectivity index (χ0n) is 26.1. The first kappa shape index (κ1) is 38.1. The first-order valence-corrected chi connectivity index (χ1v) is 18.4. The van der Waals surface area contributed by atoms with Gasteiger partial charge in [0.1, 0.15) is 0 Å². The summed E-state index contributed by atoms with van der Waals surface area (Å²) in [7, 11) is -3.91. The smallest absolute Gasteiger partial charge is 0.303 e. The first-order valence-electron chi connectivity index (χ1n) is 16.9. The molecule has 0 amide bonds. The molecule has 0 radical (unpaired) electrons. The Morgan fingerprint density at radius 3 is 1.08 bits per heavy atom. The van der Waals surface area contributed by atoms with Crippen molar-refractivity contribution < 1.29 is 18.5 Å². The number of hydrogen-bond donors (Lipinski definition) is 1. The molecule has 0 saturated heterocycles. The van der Waals surface area contributed by atoms with Crippen LogP contribution in [0.25, 0.3) is 0 Å². The van der Waals surface area contributed by atoms with Gasteiger partial charge in [0.05, 0.1) is 13.2 Å². The summed E-state index contributed by atoms with van der Waals surface area (Å²) in [5, 5.41) is 0. The number of phosphoric ester groups is 1. The van der Waals surface area contributed by atoms with Gasteiger partial charge in [-0.3, -0.25) is 9.05 Å². The molecule has 0 spiro atoms. The van der Waals surface area contributed by atoms with E-state index in [1.54, 1.807) is 0 Å². The minimum atomic E-state index is -3.91. The summed E-state index contributed by atoms with van der Waals surface area (Å²) in [5.41, 5.74) is 0. The van der Waals surface area contributed by atoms with E-state index in [1.807, 2.05) is 0 Å². The van der Waals surface area contributed by atoms with Gasteiger partial charge in [0.15, 0.2) is 0 Å². The Balaban J connectivity index is 3.90. The van der Waals surface area contributed by atoms with Crippen molar-refractivity contribution in [1.82, 2.24) is 4.90 Å². The summed E-state index contributed by atoms with van der Waals surface area (Å²) in [6, 6.07) is 0. The van der Waals surface area contributed by atoms with Gasteiger partial charge >= 0.3 is 7.82 Å². The molecule has 0 fully saturated rings. The lowest BCUT2D eigenvalue weighted by atomic mass is 10.1. The number of unbranched alkanes of at least 4 members (excludes halogenated alkanes) is 20. The van der Waals surface area contributed by atoms with E-state index in [2.05, 4.69) is 25.7 Å². The van der Waals surface area contributed by atoms with E-state index in [-0.39, 0.29) is 0 Å². The zero-order chi connectivity index (χ0) is 28.0. The van der Waals surface area contributed by atoms with E-state index in [4.69, 9.17) is 9.05 Å². The zero-order valence-corrected chi connectivity index (χ0v) is 27.0. The third kappa shape index (κ3) is 29.1. The van der Waals surface area contributed by atoms with Crippen LogP contribution in [-0.2, 0) is 13.6 Å². The highest BCUT2D eigenvalue weighted by molar-refractivity contribution is 7.47. The fraction of sp³-hybridized carbons (Fsp3) is 1.00. The molecule has 0 aliphatic heterocycles. The van der Waals surface area contributed by atoms with Gasteiger partial charge in [-0.1, -0.05) is 143 Å². The van der Waals surface area contributed by atoms with Crippen LogP contribution in [0.3, 0.4) is 0 Å². The number of nitrogens with zero attached hydrogens (tertiary/aromatic N) is 1. The van der Waals surface area contributed by atoms with Crippen LogP contribution in [-0.4, -0.2) is 42.6 Å². The molecule has 0 rings (SSSR count). The molecule has 0 heterocycles. The van der Waals surface area contributed by atoms with Gasteiger partial charge in [-0.05, 0) is 51.7 Å². The Morgan fingerprint density at radius 2 is 0.711 bits per heavy atom. The molecule has 1 atom stereocenters. The van der Waals surface area contributed by atoms with Crippen LogP contribution in [0.15, 0.2) is 0 Å². The highest BCUT2D eigenvalue weighted by Gasteiger charge is 2.20. The number of phosphoric acid groups is 1. The molecule has 38 heavy (non-hydrogen) atoms. The maximum absolute atomic E-state index is 12.2. The Kier molecular flexibility index (Phi) is 30.1. The Bertz CT molecular complexity index is 490. The van der Waals surface area contributed by atoms with Crippen molar-refractivity contribution in [3.05, 3.63) is 0 Å². The van der Waals surface area contributed by atoms with Gasteiger partial charge in [0.25, 0.3) is 0 Å². The number of hydrogen-bond acceptors (Lipinski definition) is 4. The summed E-state index contributed by atoms with van der Waals surface area (Å²) in [4.78, 5) is 12.6. The highest BCUT2D eigenvalue weighted by atomic mass is 31.2. The molecule has 0 aromatic heterocycles. The van der Waals surface area contributed by atoms with Crippen molar-refractivity contribution in [2.75, 3.05) is 32.8 Å². The van der Waals surface area contributed by atoms with Crippen LogP contribution in [0.1, 0.15) is 175 Å². The monoisotopic (exact) mass is 561 g/mol. The summed E-state index contributed by atoms with van der Waals surface area (Å²) >= 11 is 0. The number of rotatable bonds is 32. The van der Waals surface area contributed by atoms with Crippen molar-refractivity contribution in [1.29, 1.82) is 0 Å². The molecule has 0 aliphatic rings. The largest absolute Gasteiger partial charge is 0.472 e. The van der Waals surface area contributed by atoms with Crippen LogP contribution < -0.4 is 0 Å². The van der Waals surface area contributed by atoms with Gasteiger partial charge in [0, 0.05) is 0 Å². The SMILES string of the molecule is CCCCCCCCCCCCOP(=O)(O)OCCCCN(CCCCCCCC)CCCCCCCC. The molecule has 5 nitrogen and oxygen atoms in total. The summed E-state index contributed by atoms with van der Waals surface area (Å²) in [6.45, 7) is 10.8. The third-order valence-corrected chi connectivity index (χ3v) is 8.55. The van der Waals surface area contributed by atoms with E-state index in [0.29, 0.717) is 13.2 Å². The van der Waals surface area contributed by atoms with Gasteiger partial charge in [-0.2, -0.15) is 0 Å². The van der Waals surface area contributed by atoms with Crippen LogP contribution in [0, 0.1) is 0 Å². The molecule has 6 heteroatoms. The maximum Gasteiger partial charge on any atom is 0.472 e. The van der Waals surface area contributed by atoms with Gasteiger partial charge < -0.3 is 9.79 Å². The fourth-order valence-electron chi connectivity index (χ4n) is 4.99. The molecule has 0 aromatic carbocycles. The average molecular weight is 562 g/mol. The lowest BCUT2D eigenvalue weighted by Crippen LogP contribution is -2.27. The quantitative estimate of drug-likeness (QED) is 0.0654. The molecule has 0 saturated carbocycles. The Morgan fingerprint density at radius 1 is 0.447 bits per heavy atom. The minimum absolute atomic E-state index is 0.299. The van der Waals surface area contributed by atoms with Crippen molar-refractivity contribution in [3.63, 3.8) is 0 Å². The van der Waals surface area contributed by atoms with Crippen LogP contribution >= 0.6 is 7.82 Å². The van der Waals surface area contributed by atoms with Crippen molar-refractivity contribution in [2.24, 2.45) is 0 Å². The summed E-state index contributed by atoms with van der Waals surface area (Å²) < 4.78 is 22.6. The minimum Gasteiger partial charge on any atom is -0.303 e. The first-order chi connectivity index (χ1) is 18.6. The standard InChI is InChI=1S/C32H68NO4P/c1-4-7-10-13-16-17-18-19-22-26-31-36-38(34,35)37-32-27-25-30-33(28-23-20-14-11-8-5-2)29-24-21-15-12-9-6-3/h4-32H2,1-3H3,(H,34,35). The van der Waals surface area contributed by atoms with E-state index >= 15 is 0 Å². The molecule has 0 aliphatic carbocycles. The predicted octanol–water partition coefficient (Wildman–Crippen LogP) is 10.8. The van der Waals surface area contributed by atoms with E-state index in [0.717, 1.165) is 32.2 Å². The predicted molar refractivity (Wildman–Crippen MR) is 166 cm³/mol. The second-order valence-corrected chi connectivity index (χ2v) is 12.9. The molecular formula is C32H68NO4P. The van der Waals surface area contributed by atoms with Crippen molar-refractivity contribution in [2.45, 2.75) is 175 Å². The Labute approximate surface area is 238 Å². The van der Waals surface area contributed by atoms with Crippen molar-refractivity contribution in [3.8, 4) is 0 Å². The highest BCUT2D eigenvalue weighted by Crippen LogP contribution is 2.43. The molecule has 230 valence electrons. The molecule has 0 aromatic rings. The maximum atomic E-state index is 12.2. The topological polar surface area (TPSA) is 59.0 Å². The van der Waals surface area contributed by atoms with Crippen LogP contribution in [0.4, 0.5) is 0 Å². The van der Waals surface area contributed by atoms with Gasteiger partial charge in [-0.25, -0.2) is 4.57 Å². The molecule has 1 unspecified atom stereocenters. The Hall–Kier alpha value is 0.0700. The third-order valence-electron chi connectivity index (χ3n) is 7.53. The van der Waals surface area contributed by atoms with Gasteiger partial charge in [-0.15, -0.1) is 0 Å². The lowest BCUT2D eigenvalue weighted by molar-refractivity contribution is 0.143. The van der Waals surface area contributed by atoms with E-state index in [9.17, 15) is 9.46 Å². The molecule has 0 bridgehead atoms. The van der Waals surface area contributed by atoms with E-state index in [1.165, 1.54) is 142 Å². The summed E-state index contributed by atoms with van der Waals surface area (Å²) in [5.74, 6) is 0. The molecule has 1 N–H and O–H groups in total. The van der Waals surface area contributed by atoms with E-state index < -0.39 is 7.82 Å².